The Morgan fingerprint density at radius 2 is 1.55 bits per heavy atom. The SMILES string of the molecule is CCCCCCCCn1sccc1=O.Oc1cc(Cl)ccc1Oc1ccc(Cl)cc1Cl. The van der Waals surface area contributed by atoms with Crippen LogP contribution in [0.25, 0.3) is 0 Å². The lowest BCUT2D eigenvalue weighted by Gasteiger charge is -2.09. The zero-order chi connectivity index (χ0) is 22.6. The Labute approximate surface area is 202 Å². The molecule has 8 heteroatoms. The van der Waals surface area contributed by atoms with E-state index in [1.807, 2.05) is 9.34 Å². The van der Waals surface area contributed by atoms with E-state index in [0.29, 0.717) is 20.8 Å². The Kier molecular flexibility index (Phi) is 11.3. The third-order valence-corrected chi connectivity index (χ3v) is 6.03. The second-order valence-corrected chi connectivity index (χ2v) is 9.11. The molecule has 0 bridgehead atoms. The predicted octanol–water partition coefficient (Wildman–Crippen LogP) is 8.42. The molecule has 3 rings (SSSR count). The highest BCUT2D eigenvalue weighted by molar-refractivity contribution is 7.04. The minimum atomic E-state index is -0.0523. The third kappa shape index (κ3) is 9.16. The van der Waals surface area contributed by atoms with E-state index in [1.165, 1.54) is 49.7 Å². The molecule has 0 saturated carbocycles. The number of ether oxygens (including phenoxy) is 1. The summed E-state index contributed by atoms with van der Waals surface area (Å²) in [5, 5.41) is 12.8. The summed E-state index contributed by atoms with van der Waals surface area (Å²) in [4.78, 5) is 11.2. The molecule has 0 fully saturated rings. The number of aromatic hydroxyl groups is 1. The van der Waals surface area contributed by atoms with E-state index in [1.54, 1.807) is 36.4 Å². The Hall–Kier alpha value is -1.66. The van der Waals surface area contributed by atoms with Gasteiger partial charge in [-0.15, -0.1) is 0 Å². The predicted molar refractivity (Wildman–Crippen MR) is 132 cm³/mol. The average Bonchev–Trinajstić information content (AvgIpc) is 3.14. The molecule has 0 saturated heterocycles. The van der Waals surface area contributed by atoms with Gasteiger partial charge in [-0.3, -0.25) is 8.75 Å². The van der Waals surface area contributed by atoms with Crippen LogP contribution in [0.5, 0.6) is 17.2 Å². The second kappa shape index (κ2) is 13.7. The van der Waals surface area contributed by atoms with Crippen LogP contribution in [0.3, 0.4) is 0 Å². The van der Waals surface area contributed by atoms with Crippen molar-refractivity contribution in [3.8, 4) is 17.2 Å². The quantitative estimate of drug-likeness (QED) is 0.299. The van der Waals surface area contributed by atoms with Crippen LogP contribution < -0.4 is 10.3 Å². The van der Waals surface area contributed by atoms with Crippen molar-refractivity contribution in [2.45, 2.75) is 52.0 Å². The molecule has 1 heterocycles. The number of nitrogens with zero attached hydrogens (tertiary/aromatic N) is 1. The molecule has 1 aromatic heterocycles. The van der Waals surface area contributed by atoms with Gasteiger partial charge in [-0.1, -0.05) is 85.4 Å². The standard InChI is InChI=1S/C12H7Cl3O2.C11H19NOS/c13-7-1-3-11(9(15)5-7)17-12-4-2-8(14)6-10(12)16;1-2-3-4-5-6-7-9-12-11(13)8-10-14-12/h1-6,16H;8,10H,2-7,9H2,1H3. The number of unbranched alkanes of at least 4 members (excludes halogenated alkanes) is 5. The molecule has 0 aliphatic rings. The van der Waals surface area contributed by atoms with Gasteiger partial charge in [0.05, 0.1) is 5.02 Å². The molecule has 4 nitrogen and oxygen atoms in total. The molecule has 0 atom stereocenters. The van der Waals surface area contributed by atoms with E-state index in [4.69, 9.17) is 39.5 Å². The first kappa shape index (κ1) is 25.6. The summed E-state index contributed by atoms with van der Waals surface area (Å²) in [5.41, 5.74) is 0.156. The second-order valence-electron chi connectivity index (χ2n) is 6.91. The fourth-order valence-corrected chi connectivity index (χ4v) is 4.09. The topological polar surface area (TPSA) is 51.5 Å². The largest absolute Gasteiger partial charge is 0.504 e. The van der Waals surface area contributed by atoms with Gasteiger partial charge >= 0.3 is 0 Å². The van der Waals surface area contributed by atoms with Crippen molar-refractivity contribution in [3.05, 3.63) is 73.3 Å². The van der Waals surface area contributed by atoms with Crippen LogP contribution >= 0.6 is 46.3 Å². The van der Waals surface area contributed by atoms with E-state index in [2.05, 4.69) is 6.92 Å². The Balaban J connectivity index is 0.000000225. The molecular weight excluding hydrogens is 477 g/mol. The summed E-state index contributed by atoms with van der Waals surface area (Å²) in [7, 11) is 0. The van der Waals surface area contributed by atoms with Gasteiger partial charge in [-0.2, -0.15) is 0 Å². The lowest BCUT2D eigenvalue weighted by Crippen LogP contribution is -2.11. The van der Waals surface area contributed by atoms with Crippen LogP contribution in [-0.4, -0.2) is 9.06 Å². The molecule has 0 aliphatic heterocycles. The smallest absolute Gasteiger partial charge is 0.260 e. The van der Waals surface area contributed by atoms with Crippen LogP contribution in [0.2, 0.25) is 15.1 Å². The summed E-state index contributed by atoms with van der Waals surface area (Å²) in [6.07, 6.45) is 7.70. The van der Waals surface area contributed by atoms with Crippen molar-refractivity contribution in [1.29, 1.82) is 0 Å². The molecule has 31 heavy (non-hydrogen) atoms. The highest BCUT2D eigenvalue weighted by Gasteiger charge is 2.08. The van der Waals surface area contributed by atoms with Crippen molar-refractivity contribution in [2.75, 3.05) is 0 Å². The molecule has 0 unspecified atom stereocenters. The van der Waals surface area contributed by atoms with Gasteiger partial charge < -0.3 is 9.84 Å². The molecule has 1 N–H and O–H groups in total. The number of benzene rings is 2. The minimum Gasteiger partial charge on any atom is -0.504 e. The van der Waals surface area contributed by atoms with Gasteiger partial charge in [0.2, 0.25) is 0 Å². The van der Waals surface area contributed by atoms with E-state index in [0.717, 1.165) is 13.0 Å². The fraction of sp³-hybridized carbons (Fsp3) is 0.348. The van der Waals surface area contributed by atoms with Crippen LogP contribution in [0.15, 0.2) is 52.6 Å². The molecular formula is C23H26Cl3NO3S. The Morgan fingerprint density at radius 1 is 0.903 bits per heavy atom. The zero-order valence-electron chi connectivity index (χ0n) is 17.3. The molecule has 0 amide bonds. The summed E-state index contributed by atoms with van der Waals surface area (Å²) >= 11 is 18.9. The third-order valence-electron chi connectivity index (χ3n) is 4.39. The van der Waals surface area contributed by atoms with Crippen LogP contribution in [-0.2, 0) is 6.54 Å². The lowest BCUT2D eigenvalue weighted by atomic mass is 10.1. The molecule has 168 valence electrons. The summed E-state index contributed by atoms with van der Waals surface area (Å²) < 4.78 is 7.28. The summed E-state index contributed by atoms with van der Waals surface area (Å²) in [6.45, 7) is 3.13. The number of hydrogen-bond donors (Lipinski definition) is 1. The van der Waals surface area contributed by atoms with Gasteiger partial charge in [0.15, 0.2) is 11.5 Å². The van der Waals surface area contributed by atoms with Gasteiger partial charge in [-0.05, 0) is 36.8 Å². The van der Waals surface area contributed by atoms with E-state index in [-0.39, 0.29) is 17.1 Å². The fourth-order valence-electron chi connectivity index (χ4n) is 2.75. The van der Waals surface area contributed by atoms with Gasteiger partial charge in [0, 0.05) is 34.1 Å². The number of rotatable bonds is 9. The first-order chi connectivity index (χ1) is 14.9. The molecule has 2 aromatic carbocycles. The Morgan fingerprint density at radius 3 is 2.16 bits per heavy atom. The number of aromatic nitrogens is 1. The van der Waals surface area contributed by atoms with Crippen molar-refractivity contribution >= 4 is 46.3 Å². The maximum atomic E-state index is 11.2. The van der Waals surface area contributed by atoms with Crippen molar-refractivity contribution in [2.24, 2.45) is 0 Å². The van der Waals surface area contributed by atoms with Gasteiger partial charge in [0.1, 0.15) is 5.75 Å². The first-order valence-electron chi connectivity index (χ1n) is 10.2. The minimum absolute atomic E-state index is 0.0523. The first-order valence-corrected chi connectivity index (χ1v) is 12.1. The lowest BCUT2D eigenvalue weighted by molar-refractivity contribution is 0.411. The van der Waals surface area contributed by atoms with Crippen molar-refractivity contribution in [1.82, 2.24) is 3.96 Å². The number of phenolic OH excluding ortho intramolecular Hbond substituents is 1. The van der Waals surface area contributed by atoms with Crippen molar-refractivity contribution < 1.29 is 9.84 Å². The monoisotopic (exact) mass is 501 g/mol. The van der Waals surface area contributed by atoms with Crippen LogP contribution in [0.4, 0.5) is 0 Å². The van der Waals surface area contributed by atoms with Gasteiger partial charge in [-0.25, -0.2) is 0 Å². The van der Waals surface area contributed by atoms with Crippen molar-refractivity contribution in [3.63, 3.8) is 0 Å². The van der Waals surface area contributed by atoms with Gasteiger partial charge in [0.25, 0.3) is 5.56 Å². The molecule has 0 radical (unpaired) electrons. The Bertz CT molecular complexity index is 954. The maximum Gasteiger partial charge on any atom is 0.260 e. The van der Waals surface area contributed by atoms with E-state index >= 15 is 0 Å². The normalized spacial score (nSPS) is 10.5. The number of halogens is 3. The van der Waals surface area contributed by atoms with Crippen LogP contribution in [0, 0.1) is 0 Å². The summed E-state index contributed by atoms with van der Waals surface area (Å²) in [5.74, 6) is 0.635. The summed E-state index contributed by atoms with van der Waals surface area (Å²) in [6, 6.07) is 11.0. The average molecular weight is 503 g/mol. The highest BCUT2D eigenvalue weighted by Crippen LogP contribution is 2.36. The highest BCUT2D eigenvalue weighted by atomic mass is 35.5. The number of phenols is 1. The number of aryl methyl sites for hydroxylation is 1. The zero-order valence-corrected chi connectivity index (χ0v) is 20.4. The van der Waals surface area contributed by atoms with E-state index < -0.39 is 0 Å². The van der Waals surface area contributed by atoms with Crippen LogP contribution in [0.1, 0.15) is 45.4 Å². The maximum absolute atomic E-state index is 11.2. The van der Waals surface area contributed by atoms with E-state index in [9.17, 15) is 9.90 Å². The number of hydrogen-bond acceptors (Lipinski definition) is 4. The molecule has 3 aromatic rings. The molecule has 0 spiro atoms. The molecule has 0 aliphatic carbocycles.